The molecule has 1 aromatic carbocycles. The molecule has 1 saturated heterocycles. The van der Waals surface area contributed by atoms with Crippen molar-refractivity contribution in [2.24, 2.45) is 5.92 Å². The van der Waals surface area contributed by atoms with Crippen molar-refractivity contribution in [3.05, 3.63) is 35.4 Å². The van der Waals surface area contributed by atoms with E-state index in [1.807, 2.05) is 0 Å². The predicted octanol–water partition coefficient (Wildman–Crippen LogP) is 2.50. The molecule has 3 unspecified atom stereocenters. The highest BCUT2D eigenvalue weighted by atomic mass is 19.2. The zero-order valence-electron chi connectivity index (χ0n) is 11.9. The Morgan fingerprint density at radius 3 is 2.81 bits per heavy atom. The molecule has 0 radical (unpaired) electrons. The summed E-state index contributed by atoms with van der Waals surface area (Å²) in [5.41, 5.74) is 0.567. The van der Waals surface area contributed by atoms with Crippen molar-refractivity contribution in [2.75, 3.05) is 0 Å². The highest BCUT2D eigenvalue weighted by Gasteiger charge is 2.37. The van der Waals surface area contributed by atoms with E-state index < -0.39 is 11.6 Å². The number of nitrogens with one attached hydrogen (secondary N) is 2. The van der Waals surface area contributed by atoms with Gasteiger partial charge in [0, 0.05) is 12.6 Å². The molecule has 0 bridgehead atoms. The van der Waals surface area contributed by atoms with Crippen molar-refractivity contribution >= 4 is 5.91 Å². The number of amides is 1. The maximum absolute atomic E-state index is 13.1. The minimum absolute atomic E-state index is 0.0471. The molecular weight excluding hydrogens is 274 g/mol. The molecule has 1 heterocycles. The largest absolute Gasteiger partial charge is 0.351 e. The van der Waals surface area contributed by atoms with Crippen LogP contribution in [0.1, 0.15) is 37.7 Å². The molecule has 0 spiro atoms. The molecule has 3 rings (SSSR count). The third-order valence-electron chi connectivity index (χ3n) is 4.63. The van der Waals surface area contributed by atoms with Crippen LogP contribution in [0.3, 0.4) is 0 Å². The smallest absolute Gasteiger partial charge is 0.237 e. The first kappa shape index (κ1) is 14.4. The van der Waals surface area contributed by atoms with Crippen LogP contribution in [-0.4, -0.2) is 18.0 Å². The topological polar surface area (TPSA) is 41.1 Å². The van der Waals surface area contributed by atoms with Gasteiger partial charge < -0.3 is 10.6 Å². The van der Waals surface area contributed by atoms with E-state index in [0.717, 1.165) is 25.0 Å². The lowest BCUT2D eigenvalue weighted by Crippen LogP contribution is -2.42. The minimum Gasteiger partial charge on any atom is -0.351 e. The Bertz CT molecular complexity index is 521. The third kappa shape index (κ3) is 3.23. The molecule has 1 aliphatic heterocycles. The van der Waals surface area contributed by atoms with Gasteiger partial charge in [0.15, 0.2) is 11.6 Å². The first-order valence-corrected chi connectivity index (χ1v) is 7.61. The van der Waals surface area contributed by atoms with Gasteiger partial charge in [0.05, 0.1) is 6.04 Å². The zero-order valence-corrected chi connectivity index (χ0v) is 11.9. The molecule has 5 heteroatoms. The van der Waals surface area contributed by atoms with Crippen LogP contribution in [0.25, 0.3) is 0 Å². The van der Waals surface area contributed by atoms with E-state index in [2.05, 4.69) is 10.6 Å². The lowest BCUT2D eigenvalue weighted by molar-refractivity contribution is -0.123. The molecule has 21 heavy (non-hydrogen) atoms. The molecule has 2 aliphatic rings. The number of benzene rings is 1. The predicted molar refractivity (Wildman–Crippen MR) is 75.5 cm³/mol. The van der Waals surface area contributed by atoms with Gasteiger partial charge in [-0.2, -0.15) is 0 Å². The Morgan fingerprint density at radius 1 is 1.24 bits per heavy atom. The van der Waals surface area contributed by atoms with Crippen LogP contribution in [-0.2, 0) is 11.3 Å². The third-order valence-corrected chi connectivity index (χ3v) is 4.63. The molecule has 114 valence electrons. The maximum atomic E-state index is 13.1. The van der Waals surface area contributed by atoms with E-state index in [1.54, 1.807) is 0 Å². The van der Waals surface area contributed by atoms with E-state index in [4.69, 9.17) is 0 Å². The van der Waals surface area contributed by atoms with Crippen molar-refractivity contribution in [2.45, 2.75) is 50.7 Å². The number of hydrogen-bond acceptors (Lipinski definition) is 2. The van der Waals surface area contributed by atoms with Crippen molar-refractivity contribution in [3.8, 4) is 0 Å². The average molecular weight is 294 g/mol. The first-order valence-electron chi connectivity index (χ1n) is 7.61. The summed E-state index contributed by atoms with van der Waals surface area (Å²) < 4.78 is 25.9. The van der Waals surface area contributed by atoms with E-state index in [-0.39, 0.29) is 18.5 Å². The Morgan fingerprint density at radius 2 is 2.05 bits per heavy atom. The van der Waals surface area contributed by atoms with Crippen molar-refractivity contribution in [1.29, 1.82) is 0 Å². The van der Waals surface area contributed by atoms with Crippen LogP contribution in [0.15, 0.2) is 18.2 Å². The summed E-state index contributed by atoms with van der Waals surface area (Å²) in [6.45, 7) is 0.226. The second kappa shape index (κ2) is 6.10. The fraction of sp³-hybridized carbons (Fsp3) is 0.562. The van der Waals surface area contributed by atoms with Crippen LogP contribution in [0, 0.1) is 17.6 Å². The van der Waals surface area contributed by atoms with Gasteiger partial charge in [0.25, 0.3) is 0 Å². The number of hydrogen-bond donors (Lipinski definition) is 2. The Hall–Kier alpha value is -1.49. The fourth-order valence-corrected chi connectivity index (χ4v) is 3.48. The van der Waals surface area contributed by atoms with E-state index >= 15 is 0 Å². The highest BCUT2D eigenvalue weighted by molar-refractivity contribution is 5.82. The van der Waals surface area contributed by atoms with Gasteiger partial charge in [-0.1, -0.05) is 18.9 Å². The van der Waals surface area contributed by atoms with Gasteiger partial charge in [-0.15, -0.1) is 0 Å². The van der Waals surface area contributed by atoms with E-state index in [0.29, 0.717) is 17.5 Å². The average Bonchev–Trinajstić information content (AvgIpc) is 2.92. The van der Waals surface area contributed by atoms with Crippen molar-refractivity contribution < 1.29 is 13.6 Å². The molecule has 3 atom stereocenters. The van der Waals surface area contributed by atoms with E-state index in [9.17, 15) is 13.6 Å². The van der Waals surface area contributed by atoms with Crippen molar-refractivity contribution in [3.63, 3.8) is 0 Å². The van der Waals surface area contributed by atoms with Crippen LogP contribution in [0.4, 0.5) is 8.78 Å². The van der Waals surface area contributed by atoms with E-state index in [1.165, 1.54) is 25.3 Å². The lowest BCUT2D eigenvalue weighted by atomic mass is 9.85. The number of carbonyl (C=O) groups excluding carboxylic acids is 1. The second-order valence-electron chi connectivity index (χ2n) is 6.07. The first-order chi connectivity index (χ1) is 10.1. The summed E-state index contributed by atoms with van der Waals surface area (Å²) in [5, 5.41) is 6.21. The lowest BCUT2D eigenvalue weighted by Gasteiger charge is -2.24. The second-order valence-corrected chi connectivity index (χ2v) is 6.07. The molecule has 2 fully saturated rings. The van der Waals surface area contributed by atoms with Gasteiger partial charge >= 0.3 is 0 Å². The summed E-state index contributed by atoms with van der Waals surface area (Å²) in [6.07, 6.45) is 5.72. The maximum Gasteiger partial charge on any atom is 0.237 e. The number of rotatable bonds is 3. The normalized spacial score (nSPS) is 28.2. The molecule has 1 saturated carbocycles. The summed E-state index contributed by atoms with van der Waals surface area (Å²) >= 11 is 0. The van der Waals surface area contributed by atoms with Gasteiger partial charge in [-0.05, 0) is 42.9 Å². The molecule has 3 nitrogen and oxygen atoms in total. The van der Waals surface area contributed by atoms with Crippen LogP contribution in [0.2, 0.25) is 0 Å². The summed E-state index contributed by atoms with van der Waals surface area (Å²) in [5.74, 6) is -1.19. The Kier molecular flexibility index (Phi) is 4.19. The van der Waals surface area contributed by atoms with Gasteiger partial charge in [0.2, 0.25) is 5.91 Å². The van der Waals surface area contributed by atoms with Crippen LogP contribution in [0.5, 0.6) is 0 Å². The summed E-state index contributed by atoms with van der Waals surface area (Å²) in [7, 11) is 0. The number of fused-ring (bicyclic) bond motifs is 1. The molecular formula is C16H20F2N2O. The molecule has 1 aromatic rings. The number of halogens is 2. The molecule has 2 N–H and O–H groups in total. The SMILES string of the molecule is O=C(NCc1ccc(F)c(F)c1)C1CC2CCCCC2N1. The molecule has 1 aliphatic carbocycles. The van der Waals surface area contributed by atoms with Gasteiger partial charge in [-0.25, -0.2) is 8.78 Å². The summed E-state index contributed by atoms with van der Waals surface area (Å²) in [4.78, 5) is 12.2. The quantitative estimate of drug-likeness (QED) is 0.899. The molecule has 1 amide bonds. The van der Waals surface area contributed by atoms with Crippen molar-refractivity contribution in [1.82, 2.24) is 10.6 Å². The monoisotopic (exact) mass is 294 g/mol. The van der Waals surface area contributed by atoms with Crippen LogP contribution < -0.4 is 10.6 Å². The van der Waals surface area contributed by atoms with Gasteiger partial charge in [0.1, 0.15) is 0 Å². The fourth-order valence-electron chi connectivity index (χ4n) is 3.48. The number of carbonyl (C=O) groups is 1. The standard InChI is InChI=1S/C16H20F2N2O/c17-12-6-5-10(7-13(12)18)9-19-16(21)15-8-11-3-1-2-4-14(11)20-15/h5-7,11,14-15,20H,1-4,8-9H2,(H,19,21). The molecule has 0 aromatic heterocycles. The van der Waals surface area contributed by atoms with Gasteiger partial charge in [-0.3, -0.25) is 4.79 Å². The summed E-state index contributed by atoms with van der Waals surface area (Å²) in [6, 6.07) is 4.01. The zero-order chi connectivity index (χ0) is 14.8. The minimum atomic E-state index is -0.883. The Labute approximate surface area is 123 Å². The van der Waals surface area contributed by atoms with Crippen LogP contribution >= 0.6 is 0 Å². The highest BCUT2D eigenvalue weighted by Crippen LogP contribution is 2.33. The Balaban J connectivity index is 1.53.